The van der Waals surface area contributed by atoms with Crippen LogP contribution in [0.4, 0.5) is 5.69 Å². The second-order valence-corrected chi connectivity index (χ2v) is 8.61. The maximum atomic E-state index is 12.5. The van der Waals surface area contributed by atoms with Gasteiger partial charge in [0.1, 0.15) is 17.9 Å². The first-order valence-electron chi connectivity index (χ1n) is 9.38. The van der Waals surface area contributed by atoms with Crippen molar-refractivity contribution in [3.8, 4) is 17.4 Å². The molecule has 1 N–H and O–H groups in total. The fourth-order valence-electron chi connectivity index (χ4n) is 2.80. The molecule has 0 aliphatic carbocycles. The first-order chi connectivity index (χ1) is 14.7. The average Bonchev–Trinajstić information content (AvgIpc) is 3.26. The van der Waals surface area contributed by atoms with Crippen LogP contribution >= 0.6 is 0 Å². The van der Waals surface area contributed by atoms with Crippen LogP contribution in [-0.4, -0.2) is 37.7 Å². The van der Waals surface area contributed by atoms with Crippen LogP contribution in [0.2, 0.25) is 0 Å². The van der Waals surface area contributed by atoms with Crippen molar-refractivity contribution in [1.82, 2.24) is 29.3 Å². The van der Waals surface area contributed by atoms with E-state index in [9.17, 15) is 8.42 Å². The molecule has 0 atom stereocenters. The highest BCUT2D eigenvalue weighted by Gasteiger charge is 2.18. The normalized spacial score (nSPS) is 11.5. The van der Waals surface area contributed by atoms with E-state index in [-0.39, 0.29) is 5.03 Å². The zero-order valence-corrected chi connectivity index (χ0v) is 18.3. The SMILES string of the molecule is Cc1ncn(-c2ccc(Oc3ccc(NS(=O)(=O)c4cn(C)c(C)n4)cc3)nn2)c1C. The summed E-state index contributed by atoms with van der Waals surface area (Å²) in [6.45, 7) is 5.62. The summed E-state index contributed by atoms with van der Waals surface area (Å²) < 4.78 is 36.6. The predicted octanol–water partition coefficient (Wildman–Crippen LogP) is 2.91. The van der Waals surface area contributed by atoms with Gasteiger partial charge in [-0.05, 0) is 51.1 Å². The van der Waals surface area contributed by atoms with Gasteiger partial charge in [-0.25, -0.2) is 9.97 Å². The van der Waals surface area contributed by atoms with Crippen LogP contribution in [0.25, 0.3) is 5.82 Å². The first kappa shape index (κ1) is 20.5. The van der Waals surface area contributed by atoms with Crippen molar-refractivity contribution in [3.05, 3.63) is 66.1 Å². The maximum Gasteiger partial charge on any atom is 0.280 e. The van der Waals surface area contributed by atoms with E-state index in [0.29, 0.717) is 29.0 Å². The Morgan fingerprint density at radius 1 is 1.00 bits per heavy atom. The van der Waals surface area contributed by atoms with Crippen LogP contribution in [0.5, 0.6) is 11.6 Å². The van der Waals surface area contributed by atoms with Crippen LogP contribution in [0.15, 0.2) is 53.9 Å². The van der Waals surface area contributed by atoms with E-state index in [1.54, 1.807) is 61.3 Å². The molecule has 11 heteroatoms. The van der Waals surface area contributed by atoms with Crippen molar-refractivity contribution < 1.29 is 13.2 Å². The van der Waals surface area contributed by atoms with E-state index in [4.69, 9.17) is 4.74 Å². The van der Waals surface area contributed by atoms with Gasteiger partial charge in [0.05, 0.1) is 5.69 Å². The van der Waals surface area contributed by atoms with Gasteiger partial charge < -0.3 is 9.30 Å². The minimum atomic E-state index is -3.77. The van der Waals surface area contributed by atoms with Crippen molar-refractivity contribution in [2.75, 3.05) is 4.72 Å². The number of nitrogens with one attached hydrogen (secondary N) is 1. The summed E-state index contributed by atoms with van der Waals surface area (Å²) in [6.07, 6.45) is 3.16. The minimum absolute atomic E-state index is 0.0356. The van der Waals surface area contributed by atoms with Crippen molar-refractivity contribution in [2.45, 2.75) is 25.8 Å². The van der Waals surface area contributed by atoms with Gasteiger partial charge in [-0.3, -0.25) is 9.29 Å². The first-order valence-corrected chi connectivity index (χ1v) is 10.9. The molecule has 3 aromatic heterocycles. The lowest BCUT2D eigenvalue weighted by molar-refractivity contribution is 0.454. The maximum absolute atomic E-state index is 12.5. The average molecular weight is 440 g/mol. The molecule has 0 unspecified atom stereocenters. The van der Waals surface area contributed by atoms with Crippen LogP contribution < -0.4 is 9.46 Å². The summed E-state index contributed by atoms with van der Waals surface area (Å²) in [7, 11) is -2.04. The number of ether oxygens (including phenoxy) is 1. The molecular weight excluding hydrogens is 418 g/mol. The highest BCUT2D eigenvalue weighted by molar-refractivity contribution is 7.92. The molecule has 1 aromatic carbocycles. The zero-order chi connectivity index (χ0) is 22.2. The molecule has 0 saturated carbocycles. The molecule has 0 amide bonds. The van der Waals surface area contributed by atoms with E-state index in [1.165, 1.54) is 6.20 Å². The van der Waals surface area contributed by atoms with Gasteiger partial charge in [0, 0.05) is 30.7 Å². The van der Waals surface area contributed by atoms with Crippen LogP contribution in [0.3, 0.4) is 0 Å². The summed E-state index contributed by atoms with van der Waals surface area (Å²) in [5, 5.41) is 8.23. The number of imidazole rings is 2. The van der Waals surface area contributed by atoms with E-state index < -0.39 is 10.0 Å². The Bertz CT molecular complexity index is 1300. The molecule has 0 aliphatic heterocycles. The molecule has 0 bridgehead atoms. The fraction of sp³-hybridized carbons (Fsp3) is 0.200. The van der Waals surface area contributed by atoms with Crippen molar-refractivity contribution in [3.63, 3.8) is 0 Å². The summed E-state index contributed by atoms with van der Waals surface area (Å²) in [5.74, 6) is 2.05. The number of aryl methyl sites for hydroxylation is 3. The van der Waals surface area contributed by atoms with E-state index >= 15 is 0 Å². The molecular formula is C20H21N7O3S. The van der Waals surface area contributed by atoms with Gasteiger partial charge in [0.2, 0.25) is 5.88 Å². The standard InChI is InChI=1S/C20H21N7O3S/c1-13-14(2)27(12-21-13)18-9-10-19(24-23-18)30-17-7-5-16(6-8-17)25-31(28,29)20-11-26(4)15(3)22-20/h5-12,25H,1-4H3. The Balaban J connectivity index is 1.44. The fourth-order valence-corrected chi connectivity index (χ4v) is 3.90. The molecule has 0 fully saturated rings. The molecule has 160 valence electrons. The lowest BCUT2D eigenvalue weighted by Gasteiger charge is -2.08. The Morgan fingerprint density at radius 3 is 2.29 bits per heavy atom. The van der Waals surface area contributed by atoms with Gasteiger partial charge >= 0.3 is 0 Å². The molecule has 4 rings (SSSR count). The lowest BCUT2D eigenvalue weighted by Crippen LogP contribution is -2.13. The number of benzene rings is 1. The zero-order valence-electron chi connectivity index (χ0n) is 17.4. The summed E-state index contributed by atoms with van der Waals surface area (Å²) in [4.78, 5) is 8.31. The van der Waals surface area contributed by atoms with Gasteiger partial charge in [0.25, 0.3) is 10.0 Å². The Labute approximate surface area is 179 Å². The monoisotopic (exact) mass is 439 g/mol. The Kier molecular flexibility index (Phi) is 5.19. The van der Waals surface area contributed by atoms with E-state index in [0.717, 1.165) is 11.4 Å². The molecule has 0 radical (unpaired) electrons. The molecule has 3 heterocycles. The smallest absolute Gasteiger partial charge is 0.280 e. The van der Waals surface area contributed by atoms with Crippen LogP contribution in [0.1, 0.15) is 17.2 Å². The van der Waals surface area contributed by atoms with Gasteiger partial charge in [-0.1, -0.05) is 0 Å². The quantitative estimate of drug-likeness (QED) is 0.491. The van der Waals surface area contributed by atoms with Gasteiger partial charge in [-0.15, -0.1) is 10.2 Å². The third-order valence-corrected chi connectivity index (χ3v) is 6.07. The van der Waals surface area contributed by atoms with Gasteiger partial charge in [-0.2, -0.15) is 8.42 Å². The highest BCUT2D eigenvalue weighted by atomic mass is 32.2. The number of anilines is 1. The summed E-state index contributed by atoms with van der Waals surface area (Å²) >= 11 is 0. The van der Waals surface area contributed by atoms with Crippen molar-refractivity contribution >= 4 is 15.7 Å². The molecule has 10 nitrogen and oxygen atoms in total. The number of hydrogen-bond acceptors (Lipinski definition) is 7. The number of aromatic nitrogens is 6. The molecule has 4 aromatic rings. The largest absolute Gasteiger partial charge is 0.438 e. The molecule has 31 heavy (non-hydrogen) atoms. The van der Waals surface area contributed by atoms with Crippen molar-refractivity contribution in [2.24, 2.45) is 7.05 Å². The Hall–Kier alpha value is -3.73. The van der Waals surface area contributed by atoms with Crippen LogP contribution in [0, 0.1) is 20.8 Å². The third-order valence-electron chi connectivity index (χ3n) is 4.82. The predicted molar refractivity (Wildman–Crippen MR) is 114 cm³/mol. The molecule has 0 spiro atoms. The molecule has 0 saturated heterocycles. The number of hydrogen-bond donors (Lipinski definition) is 1. The second-order valence-electron chi connectivity index (χ2n) is 6.98. The number of nitrogens with zero attached hydrogens (tertiary/aromatic N) is 6. The van der Waals surface area contributed by atoms with Crippen LogP contribution in [-0.2, 0) is 17.1 Å². The minimum Gasteiger partial charge on any atom is -0.438 e. The van der Waals surface area contributed by atoms with Crippen molar-refractivity contribution in [1.29, 1.82) is 0 Å². The topological polar surface area (TPSA) is 117 Å². The second kappa shape index (κ2) is 7.84. The third kappa shape index (κ3) is 4.26. The summed E-state index contributed by atoms with van der Waals surface area (Å²) in [5.41, 5.74) is 2.31. The summed E-state index contributed by atoms with van der Waals surface area (Å²) in [6, 6.07) is 9.97. The number of rotatable bonds is 6. The van der Waals surface area contributed by atoms with E-state index in [1.807, 2.05) is 18.4 Å². The van der Waals surface area contributed by atoms with Gasteiger partial charge in [0.15, 0.2) is 10.8 Å². The van der Waals surface area contributed by atoms with E-state index in [2.05, 4.69) is 24.9 Å². The Morgan fingerprint density at radius 2 is 1.74 bits per heavy atom. The number of sulfonamides is 1. The lowest BCUT2D eigenvalue weighted by atomic mass is 10.3. The molecule has 0 aliphatic rings. The highest BCUT2D eigenvalue weighted by Crippen LogP contribution is 2.23.